The smallest absolute Gasteiger partial charge is 0.272 e. The molecule has 8 heteroatoms. The minimum absolute atomic E-state index is 0.0912. The molecule has 0 bridgehead atoms. The second kappa shape index (κ2) is 10.4. The van der Waals surface area contributed by atoms with Gasteiger partial charge >= 0.3 is 0 Å². The molecule has 1 heterocycles. The molecule has 0 radical (unpaired) electrons. The number of H-pyrrole nitrogens is 1. The number of benzene rings is 3. The van der Waals surface area contributed by atoms with Crippen LogP contribution >= 0.6 is 23.2 Å². The summed E-state index contributed by atoms with van der Waals surface area (Å²) in [4.78, 5) is 27.2. The molecule has 174 valence electrons. The number of carbonyl (C=O) groups is 1. The van der Waals surface area contributed by atoms with E-state index in [1.807, 2.05) is 50.5 Å². The fraction of sp³-hybridized carbons (Fsp3) is 0.192. The van der Waals surface area contributed by atoms with Crippen LogP contribution in [0.2, 0.25) is 10.2 Å². The second-order valence-corrected chi connectivity index (χ2v) is 8.95. The first-order valence-corrected chi connectivity index (χ1v) is 11.4. The molecule has 34 heavy (non-hydrogen) atoms. The Kier molecular flexibility index (Phi) is 7.32. The number of ketones is 1. The third-order valence-corrected chi connectivity index (χ3v) is 6.09. The Morgan fingerprint density at radius 2 is 1.79 bits per heavy atom. The maximum atomic E-state index is 13.0. The number of likely N-dealkylation sites (N-methyl/N-ethyl adjacent to an activating group) is 1. The zero-order valence-corrected chi connectivity index (χ0v) is 20.3. The van der Waals surface area contributed by atoms with Crippen molar-refractivity contribution in [3.8, 4) is 16.9 Å². The van der Waals surface area contributed by atoms with Crippen molar-refractivity contribution in [1.29, 1.82) is 0 Å². The lowest BCUT2D eigenvalue weighted by Crippen LogP contribution is -2.19. The molecule has 4 aromatic rings. The number of halogens is 2. The summed E-state index contributed by atoms with van der Waals surface area (Å²) in [6, 6.07) is 18.2. The summed E-state index contributed by atoms with van der Waals surface area (Å²) in [5.74, 6) is 0.621. The van der Waals surface area contributed by atoms with Gasteiger partial charge in [-0.3, -0.25) is 9.59 Å². The third-order valence-electron chi connectivity index (χ3n) is 5.44. The van der Waals surface area contributed by atoms with Crippen molar-refractivity contribution in [1.82, 2.24) is 15.1 Å². The summed E-state index contributed by atoms with van der Waals surface area (Å²) in [6.45, 7) is 1.41. The van der Waals surface area contributed by atoms with Crippen molar-refractivity contribution in [2.24, 2.45) is 0 Å². The van der Waals surface area contributed by atoms with Gasteiger partial charge in [0.25, 0.3) is 5.56 Å². The summed E-state index contributed by atoms with van der Waals surface area (Å²) in [7, 11) is 4.00. The molecular weight excluding hydrogens is 473 g/mol. The molecule has 0 aliphatic carbocycles. The number of fused-ring (bicyclic) bond motifs is 1. The van der Waals surface area contributed by atoms with E-state index in [1.54, 1.807) is 18.2 Å². The number of nitrogens with one attached hydrogen (secondary N) is 1. The van der Waals surface area contributed by atoms with Gasteiger partial charge < -0.3 is 9.64 Å². The fourth-order valence-electron chi connectivity index (χ4n) is 3.58. The highest BCUT2D eigenvalue weighted by molar-refractivity contribution is 6.34. The molecule has 0 fully saturated rings. The minimum atomic E-state index is -0.401. The van der Waals surface area contributed by atoms with E-state index in [2.05, 4.69) is 15.1 Å². The van der Waals surface area contributed by atoms with Crippen molar-refractivity contribution < 1.29 is 9.53 Å². The summed E-state index contributed by atoms with van der Waals surface area (Å²) in [5, 5.41) is 7.57. The standard InChI is InChI=1S/C26H23Cl2N3O3/c1-31(2)10-11-34-20-5-3-4-16(13-20)17-7-9-23(27)19(12-17)15-24(32)18-6-8-21-22(14-18)26(33)30-29-25(21)28/h3-9,12-14H,10-11,15H2,1-2H3,(H,30,33). The molecule has 0 saturated heterocycles. The van der Waals surface area contributed by atoms with E-state index in [-0.39, 0.29) is 17.4 Å². The van der Waals surface area contributed by atoms with E-state index < -0.39 is 5.56 Å². The van der Waals surface area contributed by atoms with E-state index >= 15 is 0 Å². The van der Waals surface area contributed by atoms with E-state index in [1.165, 1.54) is 6.07 Å². The number of rotatable bonds is 8. The average molecular weight is 496 g/mol. The Balaban J connectivity index is 1.57. The Hall–Kier alpha value is -3.19. The van der Waals surface area contributed by atoms with Crippen LogP contribution in [0.5, 0.6) is 5.75 Å². The monoisotopic (exact) mass is 495 g/mol. The maximum absolute atomic E-state index is 13.0. The summed E-state index contributed by atoms with van der Waals surface area (Å²) in [6.07, 6.45) is 0.0912. The van der Waals surface area contributed by atoms with Crippen molar-refractivity contribution >= 4 is 39.8 Å². The van der Waals surface area contributed by atoms with Gasteiger partial charge in [-0.15, -0.1) is 0 Å². The normalized spacial score (nSPS) is 11.2. The van der Waals surface area contributed by atoms with Crippen LogP contribution in [-0.4, -0.2) is 48.1 Å². The first-order valence-electron chi connectivity index (χ1n) is 10.7. The van der Waals surface area contributed by atoms with Crippen LogP contribution in [0.15, 0.2) is 65.5 Å². The van der Waals surface area contributed by atoms with Gasteiger partial charge in [-0.2, -0.15) is 5.10 Å². The Morgan fingerprint density at radius 1 is 1.00 bits per heavy atom. The molecule has 0 saturated carbocycles. The number of Topliss-reactive ketones (excluding diaryl/α,β-unsaturated/α-hetero) is 1. The number of ether oxygens (including phenoxy) is 1. The Morgan fingerprint density at radius 3 is 2.59 bits per heavy atom. The predicted octanol–water partition coefficient (Wildman–Crippen LogP) is 5.26. The number of aromatic amines is 1. The third kappa shape index (κ3) is 5.47. The molecule has 1 aromatic heterocycles. The number of aromatic nitrogens is 2. The molecule has 1 N–H and O–H groups in total. The highest BCUT2D eigenvalue weighted by atomic mass is 35.5. The van der Waals surface area contributed by atoms with Crippen LogP contribution in [0.4, 0.5) is 0 Å². The highest BCUT2D eigenvalue weighted by Gasteiger charge is 2.14. The maximum Gasteiger partial charge on any atom is 0.272 e. The SMILES string of the molecule is CN(C)CCOc1cccc(-c2ccc(Cl)c(CC(=O)c3ccc4c(Cl)n[nH]c(=O)c4c3)c2)c1. The molecule has 0 aliphatic rings. The lowest BCUT2D eigenvalue weighted by atomic mass is 9.97. The lowest BCUT2D eigenvalue weighted by molar-refractivity contribution is 0.0993. The van der Waals surface area contributed by atoms with Crippen molar-refractivity contribution in [3.05, 3.63) is 92.3 Å². The molecule has 0 unspecified atom stereocenters. The molecular formula is C26H23Cl2N3O3. The number of carbonyl (C=O) groups excluding carboxylic acids is 1. The van der Waals surface area contributed by atoms with Gasteiger partial charge in [0.05, 0.1) is 5.39 Å². The quantitative estimate of drug-likeness (QED) is 0.337. The van der Waals surface area contributed by atoms with Gasteiger partial charge in [0.15, 0.2) is 10.9 Å². The molecule has 3 aromatic carbocycles. The highest BCUT2D eigenvalue weighted by Crippen LogP contribution is 2.29. The topological polar surface area (TPSA) is 75.3 Å². The molecule has 4 rings (SSSR count). The number of hydrogen-bond donors (Lipinski definition) is 1. The number of nitrogens with zero attached hydrogens (tertiary/aromatic N) is 2. The first-order chi connectivity index (χ1) is 16.3. The van der Waals surface area contributed by atoms with Gasteiger partial charge in [0.2, 0.25) is 0 Å². The summed E-state index contributed by atoms with van der Waals surface area (Å²) < 4.78 is 5.84. The molecule has 0 atom stereocenters. The van der Waals surface area contributed by atoms with Gasteiger partial charge in [0, 0.05) is 28.9 Å². The van der Waals surface area contributed by atoms with E-state index in [9.17, 15) is 9.59 Å². The molecule has 0 aliphatic heterocycles. The van der Waals surface area contributed by atoms with Crippen LogP contribution in [0.3, 0.4) is 0 Å². The van der Waals surface area contributed by atoms with E-state index in [4.69, 9.17) is 27.9 Å². The van der Waals surface area contributed by atoms with Crippen molar-refractivity contribution in [2.45, 2.75) is 6.42 Å². The second-order valence-electron chi connectivity index (χ2n) is 8.19. The van der Waals surface area contributed by atoms with Gasteiger partial charge in [-0.05, 0) is 61.1 Å². The van der Waals surface area contributed by atoms with Gasteiger partial charge in [0.1, 0.15) is 12.4 Å². The zero-order chi connectivity index (χ0) is 24.2. The summed E-state index contributed by atoms with van der Waals surface area (Å²) in [5.41, 5.74) is 2.59. The van der Waals surface area contributed by atoms with Crippen molar-refractivity contribution in [3.63, 3.8) is 0 Å². The van der Waals surface area contributed by atoms with Crippen LogP contribution in [0.1, 0.15) is 15.9 Å². The zero-order valence-electron chi connectivity index (χ0n) is 18.8. The predicted molar refractivity (Wildman–Crippen MR) is 136 cm³/mol. The van der Waals surface area contributed by atoms with E-state index in [0.717, 1.165) is 23.4 Å². The molecule has 0 spiro atoms. The van der Waals surface area contributed by atoms with Crippen LogP contribution in [0.25, 0.3) is 21.9 Å². The van der Waals surface area contributed by atoms with Crippen LogP contribution in [-0.2, 0) is 6.42 Å². The Bertz CT molecular complexity index is 1420. The minimum Gasteiger partial charge on any atom is -0.492 e. The Labute approximate surface area is 207 Å². The van der Waals surface area contributed by atoms with Crippen molar-refractivity contribution in [2.75, 3.05) is 27.2 Å². The number of hydrogen-bond acceptors (Lipinski definition) is 5. The largest absolute Gasteiger partial charge is 0.492 e. The van der Waals surface area contributed by atoms with Gasteiger partial charge in [-0.1, -0.05) is 53.5 Å². The molecule has 6 nitrogen and oxygen atoms in total. The average Bonchev–Trinajstić information content (AvgIpc) is 2.82. The summed E-state index contributed by atoms with van der Waals surface area (Å²) >= 11 is 12.5. The van der Waals surface area contributed by atoms with Gasteiger partial charge in [-0.25, -0.2) is 5.10 Å². The first kappa shape index (κ1) is 24.0. The molecule has 0 amide bonds. The van der Waals surface area contributed by atoms with Crippen LogP contribution < -0.4 is 10.3 Å². The lowest BCUT2D eigenvalue weighted by Gasteiger charge is -2.12. The fourth-order valence-corrected chi connectivity index (χ4v) is 3.97. The van der Waals surface area contributed by atoms with E-state index in [0.29, 0.717) is 33.5 Å². The van der Waals surface area contributed by atoms with Crippen LogP contribution in [0, 0.1) is 0 Å².